The molecule has 0 aliphatic rings. The minimum absolute atomic E-state index is 0.00408. The van der Waals surface area contributed by atoms with E-state index in [1.54, 1.807) is 30.3 Å². The molecule has 0 aliphatic carbocycles. The van der Waals surface area contributed by atoms with Crippen LogP contribution >= 0.6 is 11.6 Å². The maximum absolute atomic E-state index is 12.7. The molecular weight excluding hydrogens is 405 g/mol. The Bertz CT molecular complexity index is 1170. The van der Waals surface area contributed by atoms with Gasteiger partial charge in [-0.1, -0.05) is 60.1 Å². The Kier molecular flexibility index (Phi) is 4.68. The fourth-order valence-corrected chi connectivity index (χ4v) is 3.26. The molecule has 0 radical (unpaired) electrons. The van der Waals surface area contributed by atoms with Gasteiger partial charge in [0.2, 0.25) is 0 Å². The summed E-state index contributed by atoms with van der Waals surface area (Å²) in [6.45, 7) is 0. The number of aromatic nitrogens is 3. The number of hydrogen-bond donors (Lipinski definition) is 3. The number of hydrogen-bond acceptors (Lipinski definition) is 4. The maximum atomic E-state index is 12.7. The Balaban J connectivity index is 1.62. The van der Waals surface area contributed by atoms with Crippen LogP contribution < -0.4 is 5.73 Å². The predicted octanol–water partition coefficient (Wildman–Crippen LogP) is 5.21. The first-order chi connectivity index (χ1) is 13.7. The number of nitrogens with zero attached hydrogens (tertiary/aromatic N) is 2. The zero-order valence-corrected chi connectivity index (χ0v) is 15.5. The molecule has 4 aromatic rings. The molecular formula is C20H14ClF3N4O. The van der Waals surface area contributed by atoms with E-state index in [0.29, 0.717) is 21.9 Å². The summed E-state index contributed by atoms with van der Waals surface area (Å²) in [4.78, 5) is 10.9. The van der Waals surface area contributed by atoms with Crippen LogP contribution in [0.3, 0.4) is 0 Å². The second-order valence-electron chi connectivity index (χ2n) is 6.47. The molecule has 5 nitrogen and oxygen atoms in total. The van der Waals surface area contributed by atoms with Crippen LogP contribution in [0.1, 0.15) is 11.6 Å². The van der Waals surface area contributed by atoms with Gasteiger partial charge in [-0.15, -0.1) is 0 Å². The molecule has 2 heterocycles. The number of pyridine rings is 1. The third kappa shape index (κ3) is 3.76. The van der Waals surface area contributed by atoms with Gasteiger partial charge in [-0.3, -0.25) is 0 Å². The lowest BCUT2D eigenvalue weighted by atomic mass is 9.99. The summed E-state index contributed by atoms with van der Waals surface area (Å²) in [7, 11) is 0. The second kappa shape index (κ2) is 7.06. The summed E-state index contributed by atoms with van der Waals surface area (Å²) in [6.07, 6.45) is -4.48. The molecule has 0 saturated carbocycles. The number of aromatic hydroxyl groups is 1. The van der Waals surface area contributed by atoms with Crippen molar-refractivity contribution in [1.29, 1.82) is 0 Å². The number of alkyl halides is 3. The molecule has 0 saturated heterocycles. The lowest BCUT2D eigenvalue weighted by Gasteiger charge is -2.16. The first-order valence-electron chi connectivity index (χ1n) is 8.50. The molecule has 148 valence electrons. The smallest absolute Gasteiger partial charge is 0.407 e. The monoisotopic (exact) mass is 418 g/mol. The van der Waals surface area contributed by atoms with Gasteiger partial charge in [0, 0.05) is 5.56 Å². The minimum Gasteiger partial charge on any atom is -0.480 e. The molecule has 0 fully saturated rings. The zero-order valence-electron chi connectivity index (χ0n) is 14.7. The first-order valence-corrected chi connectivity index (χ1v) is 8.88. The predicted molar refractivity (Wildman–Crippen MR) is 104 cm³/mol. The number of nitrogens with one attached hydrogen (secondary N) is 1. The molecule has 2 aromatic carbocycles. The number of fused-ring (bicyclic) bond motifs is 1. The molecule has 0 aliphatic heterocycles. The van der Waals surface area contributed by atoms with Crippen molar-refractivity contribution >= 4 is 22.8 Å². The van der Waals surface area contributed by atoms with Crippen LogP contribution in [0.4, 0.5) is 13.2 Å². The van der Waals surface area contributed by atoms with E-state index in [1.807, 2.05) is 12.1 Å². The highest BCUT2D eigenvalue weighted by Gasteiger charge is 2.37. The molecule has 4 rings (SSSR count). The van der Waals surface area contributed by atoms with E-state index in [2.05, 4.69) is 15.0 Å². The van der Waals surface area contributed by atoms with E-state index in [0.717, 1.165) is 16.7 Å². The zero-order chi connectivity index (χ0) is 20.8. The molecule has 9 heteroatoms. The summed E-state index contributed by atoms with van der Waals surface area (Å²) in [5.41, 5.74) is 8.90. The van der Waals surface area contributed by atoms with Crippen molar-refractivity contribution in [3.05, 3.63) is 65.2 Å². The van der Waals surface area contributed by atoms with Crippen LogP contribution in [0.25, 0.3) is 33.5 Å². The van der Waals surface area contributed by atoms with Gasteiger partial charge in [-0.05, 0) is 22.8 Å². The molecule has 0 amide bonds. The number of aromatic amines is 1. The fraction of sp³-hybridized carbons (Fsp3) is 0.100. The highest BCUT2D eigenvalue weighted by atomic mass is 35.5. The van der Waals surface area contributed by atoms with Gasteiger partial charge < -0.3 is 15.8 Å². The van der Waals surface area contributed by atoms with Gasteiger partial charge in [0.1, 0.15) is 6.04 Å². The van der Waals surface area contributed by atoms with E-state index < -0.39 is 12.2 Å². The third-order valence-corrected chi connectivity index (χ3v) is 4.82. The minimum atomic E-state index is -4.48. The Morgan fingerprint density at radius 2 is 1.48 bits per heavy atom. The van der Waals surface area contributed by atoms with Crippen molar-refractivity contribution in [2.45, 2.75) is 12.2 Å². The third-order valence-electron chi connectivity index (χ3n) is 4.53. The molecule has 1 unspecified atom stereocenters. The fourth-order valence-electron chi connectivity index (χ4n) is 3.00. The van der Waals surface area contributed by atoms with Crippen LogP contribution in [0.15, 0.2) is 54.6 Å². The van der Waals surface area contributed by atoms with Gasteiger partial charge in [0.05, 0.1) is 16.2 Å². The van der Waals surface area contributed by atoms with Crippen molar-refractivity contribution < 1.29 is 18.3 Å². The maximum Gasteiger partial charge on any atom is 0.407 e. The van der Waals surface area contributed by atoms with E-state index >= 15 is 0 Å². The number of benzene rings is 2. The Morgan fingerprint density at radius 1 is 0.931 bits per heavy atom. The van der Waals surface area contributed by atoms with Crippen molar-refractivity contribution in [2.75, 3.05) is 0 Å². The van der Waals surface area contributed by atoms with Crippen molar-refractivity contribution in [1.82, 2.24) is 15.0 Å². The first kappa shape index (κ1) is 19.2. The van der Waals surface area contributed by atoms with Gasteiger partial charge >= 0.3 is 6.18 Å². The molecule has 0 bridgehead atoms. The normalized spacial score (nSPS) is 13.0. The average molecular weight is 419 g/mol. The standard InChI is InChI=1S/C20H14ClF3N4O/c21-14-9-15-18(28-19(29)26-15)27-16(14)12-5-1-10(2-6-12)11-3-7-13(8-4-11)17(25)20(22,23)24/h1-9,17H,25H2,(H2,26,27,28,29). The summed E-state index contributed by atoms with van der Waals surface area (Å²) >= 11 is 6.29. The largest absolute Gasteiger partial charge is 0.480 e. The van der Waals surface area contributed by atoms with Crippen LogP contribution in [0.2, 0.25) is 5.02 Å². The Morgan fingerprint density at radius 3 is 2.07 bits per heavy atom. The van der Waals surface area contributed by atoms with Crippen LogP contribution in [0, 0.1) is 0 Å². The Labute approximate surface area is 168 Å². The van der Waals surface area contributed by atoms with Crippen LogP contribution in [-0.2, 0) is 0 Å². The van der Waals surface area contributed by atoms with E-state index in [4.69, 9.17) is 17.3 Å². The van der Waals surface area contributed by atoms with Crippen molar-refractivity contribution in [3.8, 4) is 28.4 Å². The molecule has 0 spiro atoms. The van der Waals surface area contributed by atoms with E-state index in [9.17, 15) is 18.3 Å². The number of rotatable bonds is 3. The number of halogens is 4. The quantitative estimate of drug-likeness (QED) is 0.426. The van der Waals surface area contributed by atoms with Gasteiger partial charge in [-0.2, -0.15) is 18.2 Å². The van der Waals surface area contributed by atoms with Gasteiger partial charge in [0.15, 0.2) is 5.65 Å². The molecule has 4 N–H and O–H groups in total. The molecule has 1 atom stereocenters. The summed E-state index contributed by atoms with van der Waals surface area (Å²) in [5, 5.41) is 9.84. The highest BCUT2D eigenvalue weighted by Crippen LogP contribution is 2.33. The number of H-pyrrole nitrogens is 1. The van der Waals surface area contributed by atoms with Crippen LogP contribution in [-0.4, -0.2) is 26.2 Å². The van der Waals surface area contributed by atoms with E-state index in [-0.39, 0.29) is 11.6 Å². The molecule has 29 heavy (non-hydrogen) atoms. The van der Waals surface area contributed by atoms with E-state index in [1.165, 1.54) is 12.1 Å². The topological polar surface area (TPSA) is 87.8 Å². The lowest BCUT2D eigenvalue weighted by molar-refractivity contribution is -0.149. The average Bonchev–Trinajstić information content (AvgIpc) is 3.05. The van der Waals surface area contributed by atoms with Crippen LogP contribution in [0.5, 0.6) is 6.01 Å². The number of nitrogens with two attached hydrogens (primary N) is 1. The highest BCUT2D eigenvalue weighted by molar-refractivity contribution is 6.33. The summed E-state index contributed by atoms with van der Waals surface area (Å²) < 4.78 is 38.2. The Hall–Kier alpha value is -3.10. The van der Waals surface area contributed by atoms with Crippen molar-refractivity contribution in [3.63, 3.8) is 0 Å². The van der Waals surface area contributed by atoms with Gasteiger partial charge in [-0.25, -0.2) is 4.98 Å². The summed E-state index contributed by atoms with van der Waals surface area (Å²) in [6, 6.07) is 12.6. The SMILES string of the molecule is NC(c1ccc(-c2ccc(-c3nc4nc(O)[nH]c4cc3Cl)cc2)cc1)C(F)(F)F. The van der Waals surface area contributed by atoms with Gasteiger partial charge in [0.25, 0.3) is 6.01 Å². The summed E-state index contributed by atoms with van der Waals surface area (Å²) in [5.74, 6) is 0. The second-order valence-corrected chi connectivity index (χ2v) is 6.88. The lowest BCUT2D eigenvalue weighted by Crippen LogP contribution is -2.28. The number of imidazole rings is 1. The van der Waals surface area contributed by atoms with Crippen molar-refractivity contribution in [2.24, 2.45) is 5.73 Å². The molecule has 2 aromatic heterocycles.